The molecular weight excluding hydrogens is 568 g/mol. The number of non-ortho nitro benzene ring substituents is 1. The lowest BCUT2D eigenvalue weighted by Gasteiger charge is -2.34. The van der Waals surface area contributed by atoms with Gasteiger partial charge in [-0.2, -0.15) is 0 Å². The van der Waals surface area contributed by atoms with Crippen LogP contribution in [0.4, 0.5) is 11.4 Å². The van der Waals surface area contributed by atoms with Crippen molar-refractivity contribution in [3.05, 3.63) is 105 Å². The molecule has 0 saturated carbocycles. The monoisotopic (exact) mass is 600 g/mol. The van der Waals surface area contributed by atoms with E-state index in [0.717, 1.165) is 22.2 Å². The number of carbonyl (C=O) groups is 2. The topological polar surface area (TPSA) is 130 Å². The number of anilines is 1. The minimum atomic E-state index is -4.05. The normalized spacial score (nSPS) is 12.7. The number of rotatable bonds is 13. The first kappa shape index (κ1) is 31.6. The first-order valence-electron chi connectivity index (χ1n) is 13.0. The van der Waals surface area contributed by atoms with E-state index in [1.807, 2.05) is 44.2 Å². The van der Waals surface area contributed by atoms with E-state index in [2.05, 4.69) is 5.32 Å². The van der Waals surface area contributed by atoms with Crippen molar-refractivity contribution < 1.29 is 22.9 Å². The van der Waals surface area contributed by atoms with Crippen LogP contribution >= 0.6 is 11.6 Å². The van der Waals surface area contributed by atoms with Crippen LogP contribution in [0.3, 0.4) is 0 Å². The molecule has 3 rings (SSSR count). The van der Waals surface area contributed by atoms with E-state index in [1.54, 1.807) is 24.3 Å². The molecule has 0 spiro atoms. The molecule has 0 radical (unpaired) electrons. The van der Waals surface area contributed by atoms with E-state index in [4.69, 9.17) is 11.6 Å². The van der Waals surface area contributed by atoms with Gasteiger partial charge in [-0.25, -0.2) is 8.42 Å². The van der Waals surface area contributed by atoms with E-state index in [1.165, 1.54) is 23.1 Å². The second-order valence-corrected chi connectivity index (χ2v) is 12.1. The Morgan fingerprint density at radius 2 is 1.66 bits per heavy atom. The van der Waals surface area contributed by atoms with Crippen molar-refractivity contribution in [1.29, 1.82) is 0 Å². The zero-order valence-electron chi connectivity index (χ0n) is 23.1. The third-order valence-corrected chi connectivity index (χ3v) is 7.94. The lowest BCUT2D eigenvalue weighted by Crippen LogP contribution is -2.54. The van der Waals surface area contributed by atoms with Gasteiger partial charge in [0.05, 0.1) is 16.9 Å². The van der Waals surface area contributed by atoms with E-state index in [9.17, 15) is 28.1 Å². The first-order chi connectivity index (χ1) is 19.4. The summed E-state index contributed by atoms with van der Waals surface area (Å²) < 4.78 is 26.5. The Bertz CT molecular complexity index is 1470. The molecule has 1 N–H and O–H groups in total. The number of halogens is 1. The van der Waals surface area contributed by atoms with Crippen molar-refractivity contribution in [2.24, 2.45) is 0 Å². The quantitative estimate of drug-likeness (QED) is 0.226. The van der Waals surface area contributed by atoms with Gasteiger partial charge < -0.3 is 10.2 Å². The molecule has 10 nitrogen and oxygen atoms in total. The summed E-state index contributed by atoms with van der Waals surface area (Å²) in [6.45, 7) is 3.11. The fourth-order valence-electron chi connectivity index (χ4n) is 4.16. The number of carbonyl (C=O) groups excluding carboxylic acids is 2. The molecule has 0 bridgehead atoms. The number of nitrogens with one attached hydrogen (secondary N) is 1. The van der Waals surface area contributed by atoms with Crippen LogP contribution in [0.5, 0.6) is 0 Å². The highest BCUT2D eigenvalue weighted by atomic mass is 35.5. The average Bonchev–Trinajstić information content (AvgIpc) is 2.94. The van der Waals surface area contributed by atoms with Gasteiger partial charge in [-0.15, -0.1) is 0 Å². The zero-order chi connectivity index (χ0) is 30.2. The molecule has 0 unspecified atom stereocenters. The van der Waals surface area contributed by atoms with Gasteiger partial charge in [-0.1, -0.05) is 67.1 Å². The van der Waals surface area contributed by atoms with Crippen molar-refractivity contribution >= 4 is 44.8 Å². The standard InChI is InChI=1S/C29H33ClN4O6S/c1-4-21(2)31-29(36)27(17-22-9-6-5-7-10-22)32(19-23-13-15-24(30)16-14-23)28(35)20-33(41(3,39)40)25-11-8-12-26(18-25)34(37)38/h5-16,18,21,27H,4,17,19-20H2,1-3H3,(H,31,36)/t21-,27+/m0/s1. The smallest absolute Gasteiger partial charge is 0.271 e. The number of nitro benzene ring substituents is 1. The number of hydrogen-bond acceptors (Lipinski definition) is 6. The van der Waals surface area contributed by atoms with Crippen LogP contribution in [-0.4, -0.2) is 54.9 Å². The molecule has 2 amide bonds. The number of nitro groups is 1. The molecule has 3 aromatic rings. The lowest BCUT2D eigenvalue weighted by molar-refractivity contribution is -0.384. The summed E-state index contributed by atoms with van der Waals surface area (Å²) in [4.78, 5) is 39.7. The van der Waals surface area contributed by atoms with E-state index in [-0.39, 0.29) is 36.3 Å². The van der Waals surface area contributed by atoms with Crippen LogP contribution in [0.25, 0.3) is 0 Å². The predicted octanol–water partition coefficient (Wildman–Crippen LogP) is 4.57. The van der Waals surface area contributed by atoms with Gasteiger partial charge in [0.15, 0.2) is 0 Å². The van der Waals surface area contributed by atoms with Crippen LogP contribution in [0.15, 0.2) is 78.9 Å². The van der Waals surface area contributed by atoms with Crippen LogP contribution in [0.1, 0.15) is 31.4 Å². The molecule has 0 saturated heterocycles. The highest BCUT2D eigenvalue weighted by Crippen LogP contribution is 2.24. The second-order valence-electron chi connectivity index (χ2n) is 9.72. The van der Waals surface area contributed by atoms with Gasteiger partial charge >= 0.3 is 0 Å². The second kappa shape index (κ2) is 14.1. The minimum Gasteiger partial charge on any atom is -0.352 e. The van der Waals surface area contributed by atoms with Crippen LogP contribution in [-0.2, 0) is 32.6 Å². The van der Waals surface area contributed by atoms with Crippen molar-refractivity contribution in [3.8, 4) is 0 Å². The van der Waals surface area contributed by atoms with Gasteiger partial charge in [0.1, 0.15) is 12.6 Å². The number of benzene rings is 3. The van der Waals surface area contributed by atoms with E-state index < -0.39 is 33.4 Å². The molecule has 0 heterocycles. The van der Waals surface area contributed by atoms with E-state index in [0.29, 0.717) is 17.0 Å². The molecule has 12 heteroatoms. The van der Waals surface area contributed by atoms with Crippen molar-refractivity contribution in [3.63, 3.8) is 0 Å². The zero-order valence-corrected chi connectivity index (χ0v) is 24.6. The Labute approximate surface area is 245 Å². The van der Waals surface area contributed by atoms with E-state index >= 15 is 0 Å². The van der Waals surface area contributed by atoms with Gasteiger partial charge in [-0.05, 0) is 42.7 Å². The molecule has 0 aromatic heterocycles. The largest absolute Gasteiger partial charge is 0.352 e. The average molecular weight is 601 g/mol. The third kappa shape index (κ3) is 9.02. The number of sulfonamides is 1. The molecule has 2 atom stereocenters. The minimum absolute atomic E-state index is 0.00598. The van der Waals surface area contributed by atoms with Gasteiger partial charge in [-0.3, -0.25) is 24.0 Å². The Balaban J connectivity index is 2.07. The SMILES string of the molecule is CC[C@H](C)NC(=O)[C@@H](Cc1ccccc1)N(Cc1ccc(Cl)cc1)C(=O)CN(c1cccc([N+](=O)[O-])c1)S(C)(=O)=O. The van der Waals surface area contributed by atoms with Crippen molar-refractivity contribution in [1.82, 2.24) is 10.2 Å². The molecule has 0 fully saturated rings. The van der Waals surface area contributed by atoms with Crippen LogP contribution in [0, 0.1) is 10.1 Å². The molecule has 41 heavy (non-hydrogen) atoms. The first-order valence-corrected chi connectivity index (χ1v) is 15.2. The molecule has 0 aliphatic rings. The fourth-order valence-corrected chi connectivity index (χ4v) is 5.12. The highest BCUT2D eigenvalue weighted by molar-refractivity contribution is 7.92. The summed E-state index contributed by atoms with van der Waals surface area (Å²) in [5.41, 5.74) is 1.13. The third-order valence-electron chi connectivity index (χ3n) is 6.55. The summed E-state index contributed by atoms with van der Waals surface area (Å²) >= 11 is 6.06. The maximum absolute atomic E-state index is 14.0. The molecular formula is C29H33ClN4O6S. The van der Waals surface area contributed by atoms with Gasteiger partial charge in [0.2, 0.25) is 21.8 Å². The molecule has 218 valence electrons. The van der Waals surface area contributed by atoms with Crippen LogP contribution in [0.2, 0.25) is 5.02 Å². The number of hydrogen-bond donors (Lipinski definition) is 1. The molecule has 0 aliphatic heterocycles. The summed E-state index contributed by atoms with van der Waals surface area (Å²) in [6.07, 6.45) is 1.77. The highest BCUT2D eigenvalue weighted by Gasteiger charge is 2.33. The van der Waals surface area contributed by atoms with Gasteiger partial charge in [0.25, 0.3) is 5.69 Å². The number of amides is 2. The summed E-state index contributed by atoms with van der Waals surface area (Å²) in [5.74, 6) is -1.04. The Morgan fingerprint density at radius 3 is 2.24 bits per heavy atom. The van der Waals surface area contributed by atoms with Crippen LogP contribution < -0.4 is 9.62 Å². The van der Waals surface area contributed by atoms with Gasteiger partial charge in [0, 0.05) is 36.2 Å². The summed E-state index contributed by atoms with van der Waals surface area (Å²) in [6, 6.07) is 19.9. The van der Waals surface area contributed by atoms with Crippen molar-refractivity contribution in [2.75, 3.05) is 17.1 Å². The Hall–Kier alpha value is -3.96. The lowest BCUT2D eigenvalue weighted by atomic mass is 10.0. The maximum atomic E-state index is 14.0. The fraction of sp³-hybridized carbons (Fsp3) is 0.310. The number of nitrogens with zero attached hydrogens (tertiary/aromatic N) is 3. The Kier molecular flexibility index (Phi) is 10.8. The Morgan fingerprint density at radius 1 is 1.00 bits per heavy atom. The molecule has 3 aromatic carbocycles. The summed E-state index contributed by atoms with van der Waals surface area (Å²) in [7, 11) is -4.05. The summed E-state index contributed by atoms with van der Waals surface area (Å²) in [5, 5.41) is 14.8. The van der Waals surface area contributed by atoms with Crippen molar-refractivity contribution in [2.45, 2.75) is 45.3 Å². The maximum Gasteiger partial charge on any atom is 0.271 e. The predicted molar refractivity (Wildman–Crippen MR) is 159 cm³/mol. The molecule has 0 aliphatic carbocycles.